The van der Waals surface area contributed by atoms with Gasteiger partial charge >= 0.3 is 5.97 Å². The van der Waals surface area contributed by atoms with Crippen molar-refractivity contribution in [3.63, 3.8) is 0 Å². The fourth-order valence-electron chi connectivity index (χ4n) is 7.90. The van der Waals surface area contributed by atoms with E-state index in [9.17, 15) is 9.90 Å². The number of hydrogen-bond donors (Lipinski definition) is 1. The number of carboxylic acids is 1. The maximum Gasteiger partial charge on any atom is 0.336 e. The zero-order valence-corrected chi connectivity index (χ0v) is 20.6. The lowest BCUT2D eigenvalue weighted by Crippen LogP contribution is -2.49. The molecule has 182 valence electrons. The second kappa shape index (κ2) is 8.76. The van der Waals surface area contributed by atoms with E-state index in [2.05, 4.69) is 31.2 Å². The van der Waals surface area contributed by atoms with Gasteiger partial charge in [0.25, 0.3) is 0 Å². The molecular weight excluding hydrogens is 436 g/mol. The van der Waals surface area contributed by atoms with Gasteiger partial charge in [-0.25, -0.2) is 4.79 Å². The molecular formula is C31H34O4. The van der Waals surface area contributed by atoms with Crippen LogP contribution in [0.2, 0.25) is 0 Å². The monoisotopic (exact) mass is 470 g/mol. The van der Waals surface area contributed by atoms with Gasteiger partial charge in [0.2, 0.25) is 0 Å². The molecule has 7 rings (SSSR count). The van der Waals surface area contributed by atoms with Crippen LogP contribution in [0.1, 0.15) is 73.0 Å². The van der Waals surface area contributed by atoms with Crippen LogP contribution >= 0.6 is 0 Å². The third-order valence-electron chi connectivity index (χ3n) is 8.96. The Morgan fingerprint density at radius 1 is 0.971 bits per heavy atom. The zero-order valence-electron chi connectivity index (χ0n) is 20.6. The summed E-state index contributed by atoms with van der Waals surface area (Å²) >= 11 is 0. The van der Waals surface area contributed by atoms with Gasteiger partial charge < -0.3 is 14.6 Å². The van der Waals surface area contributed by atoms with Crippen molar-refractivity contribution in [1.82, 2.24) is 0 Å². The van der Waals surface area contributed by atoms with Crippen molar-refractivity contribution in [1.29, 1.82) is 0 Å². The molecule has 0 saturated heterocycles. The van der Waals surface area contributed by atoms with Gasteiger partial charge in [0.15, 0.2) is 0 Å². The van der Waals surface area contributed by atoms with E-state index in [1.807, 2.05) is 18.2 Å². The largest absolute Gasteiger partial charge is 0.478 e. The van der Waals surface area contributed by atoms with Crippen molar-refractivity contribution < 1.29 is 19.4 Å². The molecule has 0 radical (unpaired) electrons. The molecule has 4 saturated carbocycles. The number of ether oxygens (including phenoxy) is 2. The predicted octanol–water partition coefficient (Wildman–Crippen LogP) is 7.35. The number of fused-ring (bicyclic) bond motifs is 1. The van der Waals surface area contributed by atoms with Gasteiger partial charge in [-0.1, -0.05) is 36.4 Å². The molecule has 4 aliphatic carbocycles. The lowest BCUT2D eigenvalue weighted by Gasteiger charge is -2.57. The summed E-state index contributed by atoms with van der Waals surface area (Å²) in [6, 6.07) is 18.3. The van der Waals surface area contributed by atoms with E-state index in [4.69, 9.17) is 9.47 Å². The van der Waals surface area contributed by atoms with Gasteiger partial charge in [0.1, 0.15) is 6.79 Å². The number of carboxylic acid groups (broad SMARTS) is 1. The fraction of sp³-hybridized carbons (Fsp3) is 0.452. The number of hydrogen-bond acceptors (Lipinski definition) is 3. The Balaban J connectivity index is 1.50. The van der Waals surface area contributed by atoms with E-state index in [0.717, 1.165) is 34.3 Å². The van der Waals surface area contributed by atoms with Gasteiger partial charge in [-0.3, -0.25) is 0 Å². The summed E-state index contributed by atoms with van der Waals surface area (Å²) in [5.41, 5.74) is 5.03. The normalized spacial score (nSPS) is 27.9. The standard InChI is InChI=1S/C31H34O4/c1-19(35-18-34-2)28-13-23-7-8-24(26-5-3-4-6-27(26)30(32)33)12-25(23)14-29(28)31-15-20-9-21(16-31)11-22(10-20)17-31/h3-8,12-14,19-22H,9-11,15-18H2,1-2H3,(H,32,33). The van der Waals surface area contributed by atoms with E-state index >= 15 is 0 Å². The summed E-state index contributed by atoms with van der Waals surface area (Å²) in [6.07, 6.45) is 8.05. The first-order chi connectivity index (χ1) is 17.0. The molecule has 0 heterocycles. The maximum atomic E-state index is 11.9. The fourth-order valence-corrected chi connectivity index (χ4v) is 7.90. The molecule has 35 heavy (non-hydrogen) atoms. The van der Waals surface area contributed by atoms with E-state index in [1.165, 1.54) is 55.0 Å². The lowest BCUT2D eigenvalue weighted by atomic mass is 9.47. The maximum absolute atomic E-state index is 11.9. The van der Waals surface area contributed by atoms with Gasteiger partial charge in [0, 0.05) is 7.11 Å². The molecule has 4 fully saturated rings. The summed E-state index contributed by atoms with van der Waals surface area (Å²) in [4.78, 5) is 11.9. The van der Waals surface area contributed by atoms with E-state index in [0.29, 0.717) is 5.56 Å². The van der Waals surface area contributed by atoms with Crippen LogP contribution in [0.4, 0.5) is 0 Å². The first-order valence-electron chi connectivity index (χ1n) is 13.0. The van der Waals surface area contributed by atoms with Crippen molar-refractivity contribution in [2.45, 2.75) is 57.0 Å². The number of rotatable bonds is 7. The van der Waals surface area contributed by atoms with Crippen molar-refractivity contribution in [3.05, 3.63) is 71.3 Å². The third-order valence-corrected chi connectivity index (χ3v) is 8.96. The van der Waals surface area contributed by atoms with Crippen LogP contribution in [0.15, 0.2) is 54.6 Å². The molecule has 4 heteroatoms. The Bertz CT molecular complexity index is 1240. The topological polar surface area (TPSA) is 55.8 Å². The van der Waals surface area contributed by atoms with Crippen LogP contribution in [0.25, 0.3) is 21.9 Å². The molecule has 3 aromatic rings. The summed E-state index contributed by atoms with van der Waals surface area (Å²) < 4.78 is 11.3. The smallest absolute Gasteiger partial charge is 0.336 e. The zero-order chi connectivity index (χ0) is 24.2. The molecule has 1 atom stereocenters. The Morgan fingerprint density at radius 3 is 2.31 bits per heavy atom. The Hall–Kier alpha value is -2.69. The van der Waals surface area contributed by atoms with Crippen LogP contribution in [0.3, 0.4) is 0 Å². The van der Waals surface area contributed by atoms with Crippen LogP contribution in [0, 0.1) is 17.8 Å². The van der Waals surface area contributed by atoms with Gasteiger partial charge in [-0.15, -0.1) is 0 Å². The second-order valence-electron chi connectivity index (χ2n) is 11.3. The minimum atomic E-state index is -0.894. The molecule has 0 amide bonds. The Labute approximate surface area is 207 Å². The van der Waals surface area contributed by atoms with Gasteiger partial charge in [0.05, 0.1) is 11.7 Å². The molecule has 4 bridgehead atoms. The molecule has 1 unspecified atom stereocenters. The highest BCUT2D eigenvalue weighted by Crippen LogP contribution is 2.61. The number of aromatic carboxylic acids is 1. The number of benzene rings is 3. The average Bonchev–Trinajstić information content (AvgIpc) is 2.85. The minimum Gasteiger partial charge on any atom is -0.478 e. The third kappa shape index (κ3) is 3.97. The van der Waals surface area contributed by atoms with Crippen LogP contribution in [-0.2, 0) is 14.9 Å². The second-order valence-corrected chi connectivity index (χ2v) is 11.3. The van der Waals surface area contributed by atoms with Crippen LogP contribution < -0.4 is 0 Å². The van der Waals surface area contributed by atoms with Gasteiger partial charge in [-0.05, 0) is 120 Å². The number of methoxy groups -OCH3 is 1. The van der Waals surface area contributed by atoms with Crippen molar-refractivity contribution in [3.8, 4) is 11.1 Å². The van der Waals surface area contributed by atoms with Gasteiger partial charge in [-0.2, -0.15) is 0 Å². The molecule has 0 aliphatic heterocycles. The highest BCUT2D eigenvalue weighted by atomic mass is 16.7. The van der Waals surface area contributed by atoms with Crippen LogP contribution in [0.5, 0.6) is 0 Å². The molecule has 1 N–H and O–H groups in total. The van der Waals surface area contributed by atoms with E-state index < -0.39 is 5.97 Å². The van der Waals surface area contributed by atoms with Crippen LogP contribution in [-0.4, -0.2) is 25.0 Å². The lowest BCUT2D eigenvalue weighted by molar-refractivity contribution is -0.0683. The molecule has 4 nitrogen and oxygen atoms in total. The Morgan fingerprint density at radius 2 is 1.66 bits per heavy atom. The summed E-state index contributed by atoms with van der Waals surface area (Å²) in [7, 11) is 1.67. The average molecular weight is 471 g/mol. The minimum absolute atomic E-state index is 0.0465. The molecule has 0 aromatic heterocycles. The summed E-state index contributed by atoms with van der Waals surface area (Å²) in [5, 5.41) is 12.1. The van der Waals surface area contributed by atoms with Crippen molar-refractivity contribution in [2.24, 2.45) is 17.8 Å². The van der Waals surface area contributed by atoms with E-state index in [-0.39, 0.29) is 18.3 Å². The van der Waals surface area contributed by atoms with Crippen molar-refractivity contribution >= 4 is 16.7 Å². The number of carbonyl (C=O) groups is 1. The summed E-state index contributed by atoms with van der Waals surface area (Å²) in [5.74, 6) is 1.67. The molecule has 3 aromatic carbocycles. The highest BCUT2D eigenvalue weighted by molar-refractivity contribution is 5.98. The first-order valence-corrected chi connectivity index (χ1v) is 13.0. The molecule has 4 aliphatic rings. The quantitative estimate of drug-likeness (QED) is 0.367. The first kappa shape index (κ1) is 22.8. The predicted molar refractivity (Wildman–Crippen MR) is 138 cm³/mol. The summed E-state index contributed by atoms with van der Waals surface area (Å²) in [6.45, 7) is 2.42. The van der Waals surface area contributed by atoms with Crippen molar-refractivity contribution in [2.75, 3.05) is 13.9 Å². The SMILES string of the molecule is COCOC(C)c1cc2ccc(-c3ccccc3C(=O)O)cc2cc1C12CC3CC(CC(C3)C1)C2. The molecule has 0 spiro atoms. The Kier molecular flexibility index (Phi) is 5.69. The highest BCUT2D eigenvalue weighted by Gasteiger charge is 2.52. The van der Waals surface area contributed by atoms with E-state index in [1.54, 1.807) is 19.2 Å².